The normalized spacial score (nSPS) is 20.7. The summed E-state index contributed by atoms with van der Waals surface area (Å²) in [5.41, 5.74) is 0. The van der Waals surface area contributed by atoms with Gasteiger partial charge < -0.3 is 14.7 Å². The van der Waals surface area contributed by atoms with Crippen molar-refractivity contribution in [3.8, 4) is 0 Å². The topological polar surface area (TPSA) is 73.3 Å². The molecule has 7 heteroatoms. The van der Waals surface area contributed by atoms with Crippen LogP contribution in [0.25, 0.3) is 0 Å². The highest BCUT2D eigenvalue weighted by atomic mass is 16.5. The number of carboxylic acids is 1. The van der Waals surface area contributed by atoms with E-state index in [2.05, 4.69) is 0 Å². The molecule has 1 heterocycles. The van der Waals surface area contributed by atoms with E-state index >= 15 is 0 Å². The molecule has 1 aliphatic heterocycles. The fourth-order valence-electron chi connectivity index (χ4n) is 2.96. The summed E-state index contributed by atoms with van der Waals surface area (Å²) in [5.74, 6) is -0.508. The standard InChI is InChI=1S/C15H29N3O4/c1-11(2)14(16(3)4)15(21)18-6-7-22-12(9-18)8-17(5)10-13(19)20/h11-12,14H,6-10H2,1-5H3,(H,19,20)/t12?,14-/m0/s1. The molecular formula is C15H29N3O4. The van der Waals surface area contributed by atoms with Crippen LogP contribution in [0.2, 0.25) is 0 Å². The lowest BCUT2D eigenvalue weighted by Crippen LogP contribution is -2.55. The van der Waals surface area contributed by atoms with E-state index in [9.17, 15) is 9.59 Å². The number of hydrogen-bond acceptors (Lipinski definition) is 5. The number of morpholine rings is 1. The predicted octanol–water partition coefficient (Wildman–Crippen LogP) is -0.184. The van der Waals surface area contributed by atoms with Crippen LogP contribution in [0.15, 0.2) is 0 Å². The van der Waals surface area contributed by atoms with Crippen molar-refractivity contribution in [2.45, 2.75) is 26.0 Å². The molecule has 22 heavy (non-hydrogen) atoms. The Hall–Kier alpha value is -1.18. The zero-order valence-corrected chi connectivity index (χ0v) is 14.3. The summed E-state index contributed by atoms with van der Waals surface area (Å²) in [6, 6.07) is -0.143. The minimum Gasteiger partial charge on any atom is -0.480 e. The highest BCUT2D eigenvalue weighted by Gasteiger charge is 2.32. The van der Waals surface area contributed by atoms with E-state index in [1.807, 2.05) is 37.7 Å². The monoisotopic (exact) mass is 315 g/mol. The first-order valence-electron chi connectivity index (χ1n) is 7.69. The minimum atomic E-state index is -0.862. The molecule has 1 fully saturated rings. The van der Waals surface area contributed by atoms with Gasteiger partial charge in [0.15, 0.2) is 0 Å². The van der Waals surface area contributed by atoms with E-state index in [-0.39, 0.29) is 30.5 Å². The molecule has 7 nitrogen and oxygen atoms in total. The highest BCUT2D eigenvalue weighted by Crippen LogP contribution is 2.15. The molecule has 0 aromatic heterocycles. The first-order chi connectivity index (χ1) is 10.2. The van der Waals surface area contributed by atoms with Crippen LogP contribution in [0, 0.1) is 5.92 Å². The van der Waals surface area contributed by atoms with Crippen molar-refractivity contribution in [1.29, 1.82) is 0 Å². The average molecular weight is 315 g/mol. The maximum atomic E-state index is 12.7. The van der Waals surface area contributed by atoms with Crippen molar-refractivity contribution in [3.63, 3.8) is 0 Å². The van der Waals surface area contributed by atoms with Gasteiger partial charge in [-0.2, -0.15) is 0 Å². The summed E-state index contributed by atoms with van der Waals surface area (Å²) in [4.78, 5) is 28.9. The second-order valence-electron chi connectivity index (χ2n) is 6.52. The third-order valence-corrected chi connectivity index (χ3v) is 3.81. The Morgan fingerprint density at radius 1 is 1.32 bits per heavy atom. The minimum absolute atomic E-state index is 0.0277. The van der Waals surface area contributed by atoms with Gasteiger partial charge >= 0.3 is 5.97 Å². The Morgan fingerprint density at radius 2 is 1.95 bits per heavy atom. The summed E-state index contributed by atoms with van der Waals surface area (Å²) < 4.78 is 5.67. The number of ether oxygens (including phenoxy) is 1. The number of carbonyl (C=O) groups excluding carboxylic acids is 1. The number of hydrogen-bond donors (Lipinski definition) is 1. The van der Waals surface area contributed by atoms with Gasteiger partial charge in [0.25, 0.3) is 0 Å². The second-order valence-corrected chi connectivity index (χ2v) is 6.52. The molecule has 0 aliphatic carbocycles. The van der Waals surface area contributed by atoms with Crippen LogP contribution >= 0.6 is 0 Å². The van der Waals surface area contributed by atoms with E-state index in [1.165, 1.54) is 0 Å². The number of likely N-dealkylation sites (N-methyl/N-ethyl adjacent to an activating group) is 2. The molecule has 1 N–H and O–H groups in total. The van der Waals surface area contributed by atoms with Crippen molar-refractivity contribution < 1.29 is 19.4 Å². The Kier molecular flexibility index (Phi) is 7.25. The van der Waals surface area contributed by atoms with Gasteiger partial charge in [0, 0.05) is 19.6 Å². The number of aliphatic carboxylic acids is 1. The van der Waals surface area contributed by atoms with Crippen LogP contribution < -0.4 is 0 Å². The summed E-state index contributed by atoms with van der Waals surface area (Å²) in [6.45, 7) is 6.16. The number of carbonyl (C=O) groups is 2. The molecule has 0 spiro atoms. The summed E-state index contributed by atoms with van der Waals surface area (Å²) in [5, 5.41) is 8.80. The van der Waals surface area contributed by atoms with E-state index < -0.39 is 5.97 Å². The van der Waals surface area contributed by atoms with Gasteiger partial charge in [-0.3, -0.25) is 19.4 Å². The quantitative estimate of drug-likeness (QED) is 0.702. The summed E-state index contributed by atoms with van der Waals surface area (Å²) >= 11 is 0. The van der Waals surface area contributed by atoms with Crippen molar-refractivity contribution in [3.05, 3.63) is 0 Å². The Morgan fingerprint density at radius 3 is 2.45 bits per heavy atom. The zero-order chi connectivity index (χ0) is 16.9. The molecule has 1 amide bonds. The molecule has 1 saturated heterocycles. The maximum Gasteiger partial charge on any atom is 0.317 e. The second kappa shape index (κ2) is 8.45. The predicted molar refractivity (Wildman–Crippen MR) is 83.8 cm³/mol. The number of amides is 1. The van der Waals surface area contributed by atoms with E-state index in [0.717, 1.165) is 0 Å². The SMILES string of the molecule is CC(C)[C@@H](C(=O)N1CCOC(CN(C)CC(=O)O)C1)N(C)C. The Labute approximate surface area is 132 Å². The van der Waals surface area contributed by atoms with Gasteiger partial charge in [0.1, 0.15) is 0 Å². The van der Waals surface area contributed by atoms with Gasteiger partial charge in [-0.25, -0.2) is 0 Å². The molecule has 0 aromatic carbocycles. The van der Waals surface area contributed by atoms with Crippen LogP contribution in [0.3, 0.4) is 0 Å². The van der Waals surface area contributed by atoms with Crippen LogP contribution in [0.5, 0.6) is 0 Å². The molecule has 0 aromatic rings. The number of nitrogens with zero attached hydrogens (tertiary/aromatic N) is 3. The molecule has 1 rings (SSSR count). The third kappa shape index (κ3) is 5.55. The number of carboxylic acid groups (broad SMARTS) is 1. The molecule has 0 bridgehead atoms. The van der Waals surface area contributed by atoms with Crippen LogP contribution in [-0.4, -0.2) is 97.8 Å². The lowest BCUT2D eigenvalue weighted by atomic mass is 10.0. The Balaban J connectivity index is 2.62. The van der Waals surface area contributed by atoms with Gasteiger partial charge in [-0.1, -0.05) is 13.8 Å². The highest BCUT2D eigenvalue weighted by molar-refractivity contribution is 5.82. The first-order valence-corrected chi connectivity index (χ1v) is 7.69. The van der Waals surface area contributed by atoms with Crippen LogP contribution in [0.1, 0.15) is 13.8 Å². The molecule has 2 atom stereocenters. The molecule has 1 aliphatic rings. The van der Waals surface area contributed by atoms with Crippen molar-refractivity contribution in [1.82, 2.24) is 14.7 Å². The maximum absolute atomic E-state index is 12.7. The van der Waals surface area contributed by atoms with Crippen LogP contribution in [0.4, 0.5) is 0 Å². The summed E-state index contributed by atoms with van der Waals surface area (Å²) in [7, 11) is 5.58. The van der Waals surface area contributed by atoms with Crippen molar-refractivity contribution in [2.75, 3.05) is 53.9 Å². The van der Waals surface area contributed by atoms with Crippen molar-refractivity contribution in [2.24, 2.45) is 5.92 Å². The lowest BCUT2D eigenvalue weighted by molar-refractivity contribution is -0.147. The van der Waals surface area contributed by atoms with E-state index in [0.29, 0.717) is 26.2 Å². The number of rotatable bonds is 7. The first kappa shape index (κ1) is 18.9. The van der Waals surface area contributed by atoms with E-state index in [4.69, 9.17) is 9.84 Å². The Bertz CT molecular complexity index is 379. The molecule has 1 unspecified atom stereocenters. The van der Waals surface area contributed by atoms with Gasteiger partial charge in [-0.15, -0.1) is 0 Å². The molecule has 128 valence electrons. The fourth-order valence-corrected chi connectivity index (χ4v) is 2.96. The lowest BCUT2D eigenvalue weighted by Gasteiger charge is -2.38. The van der Waals surface area contributed by atoms with Crippen molar-refractivity contribution >= 4 is 11.9 Å². The van der Waals surface area contributed by atoms with Gasteiger partial charge in [0.05, 0.1) is 25.3 Å². The summed E-state index contributed by atoms with van der Waals surface area (Å²) in [6.07, 6.45) is -0.142. The average Bonchev–Trinajstić information content (AvgIpc) is 2.36. The third-order valence-electron chi connectivity index (χ3n) is 3.81. The largest absolute Gasteiger partial charge is 0.480 e. The van der Waals surface area contributed by atoms with Gasteiger partial charge in [-0.05, 0) is 27.1 Å². The molecule has 0 saturated carbocycles. The van der Waals surface area contributed by atoms with E-state index in [1.54, 1.807) is 11.9 Å². The van der Waals surface area contributed by atoms with Crippen LogP contribution in [-0.2, 0) is 14.3 Å². The molecular weight excluding hydrogens is 286 g/mol. The molecule has 0 radical (unpaired) electrons. The van der Waals surface area contributed by atoms with Gasteiger partial charge in [0.2, 0.25) is 5.91 Å². The zero-order valence-electron chi connectivity index (χ0n) is 14.3. The fraction of sp³-hybridized carbons (Fsp3) is 0.867. The smallest absolute Gasteiger partial charge is 0.317 e.